The predicted octanol–water partition coefficient (Wildman–Crippen LogP) is 1.41. The number of nitrogens with one attached hydrogen (secondary N) is 1. The van der Waals surface area contributed by atoms with E-state index in [4.69, 9.17) is 4.74 Å². The Morgan fingerprint density at radius 1 is 1.19 bits per heavy atom. The number of hydrogen-bond donors (Lipinski definition) is 1. The van der Waals surface area contributed by atoms with E-state index in [-0.39, 0.29) is 5.56 Å². The van der Waals surface area contributed by atoms with Gasteiger partial charge in [0.2, 0.25) is 0 Å². The third-order valence-electron chi connectivity index (χ3n) is 3.78. The van der Waals surface area contributed by atoms with Crippen LogP contribution in [0, 0.1) is 0 Å². The topological polar surface area (TPSA) is 47.0 Å². The molecule has 1 aromatic rings. The lowest BCUT2D eigenvalue weighted by molar-refractivity contribution is 0.0652. The minimum Gasteiger partial charge on any atom is -0.381 e. The van der Waals surface area contributed by atoms with E-state index in [1.165, 1.54) is 12.1 Å². The Morgan fingerprint density at radius 3 is 2.75 bits per heavy atom. The van der Waals surface area contributed by atoms with E-state index in [9.17, 15) is 4.79 Å². The first-order chi connectivity index (χ1) is 7.86. The second kappa shape index (κ2) is 4.09. The Bertz CT molecular complexity index is 427. The van der Waals surface area contributed by atoms with Crippen LogP contribution >= 0.6 is 0 Å². The summed E-state index contributed by atoms with van der Waals surface area (Å²) < 4.78 is 7.50. The molecule has 0 atom stereocenters. The Kier molecular flexibility index (Phi) is 2.59. The van der Waals surface area contributed by atoms with Crippen LogP contribution in [-0.4, -0.2) is 23.0 Å². The fourth-order valence-electron chi connectivity index (χ4n) is 2.90. The molecule has 4 heteroatoms. The van der Waals surface area contributed by atoms with Crippen LogP contribution in [0.4, 0.5) is 0 Å². The second-order valence-electron chi connectivity index (χ2n) is 4.79. The Morgan fingerprint density at radius 2 is 1.94 bits per heavy atom. The quantitative estimate of drug-likeness (QED) is 0.781. The van der Waals surface area contributed by atoms with Crippen LogP contribution in [0.2, 0.25) is 0 Å². The van der Waals surface area contributed by atoms with E-state index in [0.717, 1.165) is 50.9 Å². The van der Waals surface area contributed by atoms with Crippen molar-refractivity contribution in [3.05, 3.63) is 21.6 Å². The third-order valence-corrected chi connectivity index (χ3v) is 3.78. The summed E-state index contributed by atoms with van der Waals surface area (Å²) in [6.07, 6.45) is 6.45. The van der Waals surface area contributed by atoms with Crippen molar-refractivity contribution in [3.8, 4) is 0 Å². The molecule has 1 aromatic heterocycles. The summed E-state index contributed by atoms with van der Waals surface area (Å²) in [6.45, 7) is 1.64. The molecule has 88 valence electrons. The summed E-state index contributed by atoms with van der Waals surface area (Å²) in [6, 6.07) is 0.447. The summed E-state index contributed by atoms with van der Waals surface area (Å²) in [4.78, 5) is 11.8. The van der Waals surface area contributed by atoms with E-state index in [0.29, 0.717) is 6.04 Å². The molecule has 1 aliphatic heterocycles. The van der Waals surface area contributed by atoms with Crippen molar-refractivity contribution in [1.82, 2.24) is 9.78 Å². The van der Waals surface area contributed by atoms with E-state index in [1.54, 1.807) is 0 Å². The number of nitrogens with zero attached hydrogens (tertiary/aromatic N) is 1. The SMILES string of the molecule is O=c1[nH]n(C2CCOCC2)c2c1CCCC2. The maximum Gasteiger partial charge on any atom is 0.267 e. The zero-order chi connectivity index (χ0) is 11.0. The van der Waals surface area contributed by atoms with Gasteiger partial charge in [-0.1, -0.05) is 0 Å². The smallest absolute Gasteiger partial charge is 0.267 e. The summed E-state index contributed by atoms with van der Waals surface area (Å²) >= 11 is 0. The number of rotatable bonds is 1. The number of ether oxygens (including phenoxy) is 1. The molecule has 0 spiro atoms. The fourth-order valence-corrected chi connectivity index (χ4v) is 2.90. The summed E-state index contributed by atoms with van der Waals surface area (Å²) in [5.41, 5.74) is 2.45. The van der Waals surface area contributed by atoms with Gasteiger partial charge in [-0.3, -0.25) is 14.6 Å². The maximum absolute atomic E-state index is 11.8. The van der Waals surface area contributed by atoms with Crippen LogP contribution in [0.15, 0.2) is 4.79 Å². The second-order valence-corrected chi connectivity index (χ2v) is 4.79. The van der Waals surface area contributed by atoms with Crippen molar-refractivity contribution in [2.75, 3.05) is 13.2 Å². The zero-order valence-corrected chi connectivity index (χ0v) is 9.50. The normalized spacial score (nSPS) is 22.0. The third kappa shape index (κ3) is 1.61. The van der Waals surface area contributed by atoms with Crippen LogP contribution in [0.1, 0.15) is 43.0 Å². The average Bonchev–Trinajstić information content (AvgIpc) is 2.69. The molecule has 0 saturated carbocycles. The monoisotopic (exact) mass is 222 g/mol. The van der Waals surface area contributed by atoms with Crippen LogP contribution in [0.3, 0.4) is 0 Å². The molecule has 3 rings (SSSR count). The highest BCUT2D eigenvalue weighted by molar-refractivity contribution is 5.21. The lowest BCUT2D eigenvalue weighted by Gasteiger charge is -2.26. The first-order valence-electron chi connectivity index (χ1n) is 6.26. The van der Waals surface area contributed by atoms with Crippen molar-refractivity contribution in [2.24, 2.45) is 0 Å². The first kappa shape index (κ1) is 10.1. The molecule has 1 saturated heterocycles. The van der Waals surface area contributed by atoms with Crippen LogP contribution in [0.5, 0.6) is 0 Å². The van der Waals surface area contributed by atoms with Gasteiger partial charge < -0.3 is 4.74 Å². The summed E-state index contributed by atoms with van der Waals surface area (Å²) in [7, 11) is 0. The molecule has 0 amide bonds. The molecule has 1 aliphatic carbocycles. The van der Waals surface area contributed by atoms with E-state index < -0.39 is 0 Å². The highest BCUT2D eigenvalue weighted by Gasteiger charge is 2.24. The van der Waals surface area contributed by atoms with Gasteiger partial charge in [-0.05, 0) is 38.5 Å². The van der Waals surface area contributed by atoms with Gasteiger partial charge >= 0.3 is 0 Å². The molecule has 1 fully saturated rings. The number of H-pyrrole nitrogens is 1. The van der Waals surface area contributed by atoms with Crippen LogP contribution in [0.25, 0.3) is 0 Å². The van der Waals surface area contributed by atoms with Gasteiger partial charge in [0.25, 0.3) is 5.56 Å². The van der Waals surface area contributed by atoms with Gasteiger partial charge in [-0.25, -0.2) is 0 Å². The highest BCUT2D eigenvalue weighted by atomic mass is 16.5. The molecule has 4 nitrogen and oxygen atoms in total. The summed E-state index contributed by atoms with van der Waals surface area (Å²) in [5, 5.41) is 3.03. The maximum atomic E-state index is 11.8. The zero-order valence-electron chi connectivity index (χ0n) is 9.50. The highest BCUT2D eigenvalue weighted by Crippen LogP contribution is 2.25. The van der Waals surface area contributed by atoms with Gasteiger partial charge in [0.05, 0.1) is 6.04 Å². The Balaban J connectivity index is 1.97. The molecule has 2 aliphatic rings. The minimum atomic E-state index is 0.140. The Hall–Kier alpha value is -1.03. The molecule has 0 radical (unpaired) electrons. The van der Waals surface area contributed by atoms with Crippen LogP contribution < -0.4 is 5.56 Å². The van der Waals surface area contributed by atoms with Gasteiger partial charge in [-0.2, -0.15) is 0 Å². The predicted molar refractivity (Wildman–Crippen MR) is 60.8 cm³/mol. The van der Waals surface area contributed by atoms with Crippen molar-refractivity contribution in [1.29, 1.82) is 0 Å². The molecule has 16 heavy (non-hydrogen) atoms. The number of hydrogen-bond acceptors (Lipinski definition) is 2. The Labute approximate surface area is 94.6 Å². The molecule has 0 bridgehead atoms. The van der Waals surface area contributed by atoms with Crippen molar-refractivity contribution >= 4 is 0 Å². The molecule has 0 unspecified atom stereocenters. The van der Waals surface area contributed by atoms with Crippen molar-refractivity contribution in [3.63, 3.8) is 0 Å². The van der Waals surface area contributed by atoms with Crippen LogP contribution in [-0.2, 0) is 17.6 Å². The van der Waals surface area contributed by atoms with Gasteiger partial charge in [0.1, 0.15) is 0 Å². The molecule has 0 aromatic carbocycles. The molecular weight excluding hydrogens is 204 g/mol. The van der Waals surface area contributed by atoms with E-state index in [1.807, 2.05) is 0 Å². The van der Waals surface area contributed by atoms with E-state index >= 15 is 0 Å². The first-order valence-corrected chi connectivity index (χ1v) is 6.26. The summed E-state index contributed by atoms with van der Waals surface area (Å²) in [5.74, 6) is 0. The lowest BCUT2D eigenvalue weighted by atomic mass is 9.97. The fraction of sp³-hybridized carbons (Fsp3) is 0.750. The average molecular weight is 222 g/mol. The largest absolute Gasteiger partial charge is 0.381 e. The van der Waals surface area contributed by atoms with Crippen molar-refractivity contribution < 1.29 is 4.74 Å². The minimum absolute atomic E-state index is 0.140. The van der Waals surface area contributed by atoms with Crippen molar-refractivity contribution in [2.45, 2.75) is 44.6 Å². The number of aromatic amines is 1. The number of aromatic nitrogens is 2. The number of fused-ring (bicyclic) bond motifs is 1. The lowest BCUT2D eigenvalue weighted by Crippen LogP contribution is -2.23. The standard InChI is InChI=1S/C12H18N2O2/c15-12-10-3-1-2-4-11(10)14(13-12)9-5-7-16-8-6-9/h9H,1-8H2,(H,13,15). The van der Waals surface area contributed by atoms with Gasteiger partial charge in [0, 0.05) is 24.5 Å². The van der Waals surface area contributed by atoms with Gasteiger partial charge in [-0.15, -0.1) is 0 Å². The van der Waals surface area contributed by atoms with Gasteiger partial charge in [0.15, 0.2) is 0 Å². The van der Waals surface area contributed by atoms with E-state index in [2.05, 4.69) is 9.78 Å². The molecular formula is C12H18N2O2. The molecule has 1 N–H and O–H groups in total. The molecule has 2 heterocycles.